The van der Waals surface area contributed by atoms with E-state index in [0.29, 0.717) is 0 Å². The Balaban J connectivity index is 3.23. The van der Waals surface area contributed by atoms with Crippen LogP contribution in [0.1, 0.15) is 26.3 Å². The standard InChI is InChI=1S/C10H13N.Mo/c1-10(2,3)8-6-4-5-7-9(8)11;/h4-7H,1-3H3;. The molecule has 0 saturated heterocycles. The van der Waals surface area contributed by atoms with E-state index < -0.39 is 0 Å². The van der Waals surface area contributed by atoms with Gasteiger partial charge in [0.1, 0.15) is 0 Å². The Labute approximate surface area is 84.9 Å². The van der Waals surface area contributed by atoms with Gasteiger partial charge in [0, 0.05) is 0 Å². The molecule has 0 bridgehead atoms. The van der Waals surface area contributed by atoms with Gasteiger partial charge >= 0.3 is 84.8 Å². The molecule has 1 rings (SSSR count). The molecule has 0 radical (unpaired) electrons. The normalized spacial score (nSPS) is 11.2. The molecular formula is C10H13MoN. The van der Waals surface area contributed by atoms with E-state index in [1.165, 1.54) is 5.56 Å². The second-order valence-corrected chi connectivity index (χ2v) is 4.31. The summed E-state index contributed by atoms with van der Waals surface area (Å²) >= 11 is 1.77. The van der Waals surface area contributed by atoms with Crippen molar-refractivity contribution in [2.75, 3.05) is 0 Å². The van der Waals surface area contributed by atoms with Gasteiger partial charge in [-0.25, -0.2) is 0 Å². The van der Waals surface area contributed by atoms with Gasteiger partial charge < -0.3 is 0 Å². The second kappa shape index (κ2) is 3.62. The summed E-state index contributed by atoms with van der Waals surface area (Å²) in [5.74, 6) is 0. The fourth-order valence-electron chi connectivity index (χ4n) is 1.19. The molecule has 1 aromatic rings. The Hall–Kier alpha value is -0.292. The Kier molecular flexibility index (Phi) is 2.95. The molecule has 0 aliphatic heterocycles. The van der Waals surface area contributed by atoms with Gasteiger partial charge in [0.25, 0.3) is 0 Å². The van der Waals surface area contributed by atoms with Crippen molar-refractivity contribution in [3.05, 3.63) is 29.8 Å². The number of hydrogen-bond donors (Lipinski definition) is 0. The Morgan fingerprint density at radius 3 is 2.17 bits per heavy atom. The van der Waals surface area contributed by atoms with E-state index in [2.05, 4.69) is 42.5 Å². The van der Waals surface area contributed by atoms with Crippen LogP contribution in [0.3, 0.4) is 0 Å². The molecule has 0 aromatic heterocycles. The van der Waals surface area contributed by atoms with Crippen LogP contribution in [0.4, 0.5) is 5.69 Å². The monoisotopic (exact) mass is 245 g/mol. The SMILES string of the molecule is CC(C)(C)c1ccccc1[N]=[Mo]. The van der Waals surface area contributed by atoms with Crippen molar-refractivity contribution < 1.29 is 19.6 Å². The van der Waals surface area contributed by atoms with E-state index in [1.807, 2.05) is 6.07 Å². The third-order valence-corrected chi connectivity index (χ3v) is 2.29. The topological polar surface area (TPSA) is 12.4 Å². The van der Waals surface area contributed by atoms with Crippen molar-refractivity contribution in [3.63, 3.8) is 0 Å². The molecule has 64 valence electrons. The summed E-state index contributed by atoms with van der Waals surface area (Å²) in [5, 5.41) is 0. The first kappa shape index (κ1) is 9.79. The van der Waals surface area contributed by atoms with Crippen LogP contribution in [0.25, 0.3) is 0 Å². The number of nitrogens with zero attached hydrogens (tertiary/aromatic N) is 1. The van der Waals surface area contributed by atoms with Crippen LogP contribution < -0.4 is 0 Å². The van der Waals surface area contributed by atoms with E-state index >= 15 is 0 Å². The van der Waals surface area contributed by atoms with E-state index in [0.717, 1.165) is 5.69 Å². The molecule has 2 heteroatoms. The molecular weight excluding hydrogens is 230 g/mol. The molecule has 0 amide bonds. The summed E-state index contributed by atoms with van der Waals surface area (Å²) < 4.78 is 4.25. The zero-order valence-electron chi connectivity index (χ0n) is 7.66. The van der Waals surface area contributed by atoms with Crippen molar-refractivity contribution in [1.29, 1.82) is 0 Å². The first-order valence-corrected chi connectivity index (χ1v) is 4.88. The molecule has 0 spiro atoms. The van der Waals surface area contributed by atoms with Crippen LogP contribution in [-0.4, -0.2) is 0 Å². The van der Waals surface area contributed by atoms with Crippen LogP contribution in [0.2, 0.25) is 0 Å². The molecule has 12 heavy (non-hydrogen) atoms. The van der Waals surface area contributed by atoms with Gasteiger partial charge in [-0.2, -0.15) is 0 Å². The molecule has 0 unspecified atom stereocenters. The molecule has 1 aromatic carbocycles. The van der Waals surface area contributed by atoms with Crippen LogP contribution in [0.15, 0.2) is 27.8 Å². The average molecular weight is 243 g/mol. The molecule has 0 heterocycles. The fraction of sp³-hybridized carbons (Fsp3) is 0.400. The summed E-state index contributed by atoms with van der Waals surface area (Å²) in [6.07, 6.45) is 0. The fourth-order valence-corrected chi connectivity index (χ4v) is 1.58. The van der Waals surface area contributed by atoms with Gasteiger partial charge in [-0.05, 0) is 0 Å². The zero-order chi connectivity index (χ0) is 9.19. The predicted octanol–water partition coefficient (Wildman–Crippen LogP) is 3.35. The van der Waals surface area contributed by atoms with E-state index in [-0.39, 0.29) is 5.41 Å². The Bertz CT molecular complexity index is 286. The quantitative estimate of drug-likeness (QED) is 0.671. The summed E-state index contributed by atoms with van der Waals surface area (Å²) in [4.78, 5) is 0. The van der Waals surface area contributed by atoms with E-state index in [9.17, 15) is 0 Å². The van der Waals surface area contributed by atoms with Crippen molar-refractivity contribution >= 4 is 5.69 Å². The summed E-state index contributed by atoms with van der Waals surface area (Å²) in [6.45, 7) is 6.62. The molecule has 0 aliphatic rings. The van der Waals surface area contributed by atoms with Crippen LogP contribution >= 0.6 is 0 Å². The van der Waals surface area contributed by atoms with E-state index in [4.69, 9.17) is 0 Å². The van der Waals surface area contributed by atoms with Crippen LogP contribution in [-0.2, 0) is 25.0 Å². The Morgan fingerprint density at radius 2 is 1.75 bits per heavy atom. The maximum absolute atomic E-state index is 4.25. The molecule has 0 atom stereocenters. The minimum absolute atomic E-state index is 0.192. The van der Waals surface area contributed by atoms with E-state index in [1.54, 1.807) is 19.6 Å². The molecule has 0 N–H and O–H groups in total. The summed E-state index contributed by atoms with van der Waals surface area (Å²) in [7, 11) is 0. The molecule has 0 aliphatic carbocycles. The van der Waals surface area contributed by atoms with Crippen LogP contribution in [0, 0.1) is 0 Å². The third kappa shape index (κ3) is 2.10. The van der Waals surface area contributed by atoms with Crippen molar-refractivity contribution in [1.82, 2.24) is 0 Å². The molecule has 0 saturated carbocycles. The zero-order valence-corrected chi connectivity index (χ0v) is 9.67. The van der Waals surface area contributed by atoms with Crippen molar-refractivity contribution in [2.45, 2.75) is 26.2 Å². The van der Waals surface area contributed by atoms with Gasteiger partial charge in [0.15, 0.2) is 0 Å². The molecule has 0 fully saturated rings. The molecule has 1 nitrogen and oxygen atoms in total. The summed E-state index contributed by atoms with van der Waals surface area (Å²) in [5.41, 5.74) is 2.61. The summed E-state index contributed by atoms with van der Waals surface area (Å²) in [6, 6.07) is 8.29. The third-order valence-electron chi connectivity index (χ3n) is 1.81. The predicted molar refractivity (Wildman–Crippen MR) is 47.2 cm³/mol. The number of benzene rings is 1. The van der Waals surface area contributed by atoms with Gasteiger partial charge in [0.05, 0.1) is 0 Å². The van der Waals surface area contributed by atoms with Crippen molar-refractivity contribution in [3.8, 4) is 0 Å². The van der Waals surface area contributed by atoms with Gasteiger partial charge in [0.2, 0.25) is 0 Å². The average Bonchev–Trinajstić information content (AvgIpc) is 2.03. The van der Waals surface area contributed by atoms with Crippen molar-refractivity contribution in [2.24, 2.45) is 3.50 Å². The van der Waals surface area contributed by atoms with Crippen LogP contribution in [0.5, 0.6) is 0 Å². The second-order valence-electron chi connectivity index (χ2n) is 3.86. The first-order valence-electron chi connectivity index (χ1n) is 3.98. The first-order chi connectivity index (χ1) is 5.55. The van der Waals surface area contributed by atoms with Gasteiger partial charge in [-0.1, -0.05) is 0 Å². The number of hydrogen-bond acceptors (Lipinski definition) is 1. The minimum atomic E-state index is 0.192. The van der Waals surface area contributed by atoms with Gasteiger partial charge in [-0.15, -0.1) is 0 Å². The maximum atomic E-state index is 4.25. The number of rotatable bonds is 1. The Morgan fingerprint density at radius 1 is 1.17 bits per heavy atom. The van der Waals surface area contributed by atoms with Gasteiger partial charge in [-0.3, -0.25) is 0 Å².